The average molecular weight is 423 g/mol. The van der Waals surface area contributed by atoms with Crippen molar-refractivity contribution >= 4 is 26.9 Å². The van der Waals surface area contributed by atoms with E-state index < -0.39 is 15.3 Å². The van der Waals surface area contributed by atoms with Gasteiger partial charge in [-0.1, -0.05) is 12.8 Å². The summed E-state index contributed by atoms with van der Waals surface area (Å²) in [5, 5.41) is 4.85. The molecule has 2 aliphatic heterocycles. The fraction of sp³-hybridized carbons (Fsp3) is 0.722. The number of hydrogen-bond acceptors (Lipinski definition) is 8. The van der Waals surface area contributed by atoms with Crippen LogP contribution >= 0.6 is 0 Å². The van der Waals surface area contributed by atoms with Crippen LogP contribution in [0.5, 0.6) is 0 Å². The lowest BCUT2D eigenvalue weighted by Crippen LogP contribution is -2.45. The summed E-state index contributed by atoms with van der Waals surface area (Å²) < 4.78 is 29.8. The summed E-state index contributed by atoms with van der Waals surface area (Å²) in [5.41, 5.74) is 6.71. The molecule has 10 nitrogen and oxygen atoms in total. The SMILES string of the molecule is CC1NNC(C)C1S(=O)(=O)NCCn1ncc2c(N3CCCCCC3)ncnc21. The molecular weight excluding hydrogens is 392 g/mol. The number of sulfonamides is 1. The van der Waals surface area contributed by atoms with Crippen molar-refractivity contribution in [1.29, 1.82) is 0 Å². The molecule has 29 heavy (non-hydrogen) atoms. The largest absolute Gasteiger partial charge is 0.356 e. The van der Waals surface area contributed by atoms with E-state index in [1.807, 2.05) is 13.8 Å². The van der Waals surface area contributed by atoms with Crippen LogP contribution < -0.4 is 20.5 Å². The highest BCUT2D eigenvalue weighted by Gasteiger charge is 2.39. The Bertz CT molecular complexity index is 928. The summed E-state index contributed by atoms with van der Waals surface area (Å²) in [5.74, 6) is 0.925. The molecule has 2 saturated heterocycles. The van der Waals surface area contributed by atoms with Gasteiger partial charge in [-0.15, -0.1) is 0 Å². The second-order valence-electron chi connectivity index (χ2n) is 7.97. The van der Waals surface area contributed by atoms with E-state index in [1.165, 1.54) is 25.7 Å². The molecule has 2 fully saturated rings. The molecule has 0 amide bonds. The van der Waals surface area contributed by atoms with E-state index in [-0.39, 0.29) is 18.6 Å². The van der Waals surface area contributed by atoms with Gasteiger partial charge in [-0.05, 0) is 26.7 Å². The summed E-state index contributed by atoms with van der Waals surface area (Å²) in [6.45, 7) is 6.40. The second-order valence-corrected chi connectivity index (χ2v) is 9.90. The van der Waals surface area contributed by atoms with Gasteiger partial charge < -0.3 is 4.90 Å². The van der Waals surface area contributed by atoms with Crippen LogP contribution in [-0.4, -0.2) is 65.1 Å². The first-order chi connectivity index (χ1) is 14.0. The number of hydrogen-bond donors (Lipinski definition) is 3. The fourth-order valence-electron chi connectivity index (χ4n) is 4.37. The smallest absolute Gasteiger partial charge is 0.217 e. The zero-order chi connectivity index (χ0) is 20.4. The molecule has 0 radical (unpaired) electrons. The van der Waals surface area contributed by atoms with Crippen molar-refractivity contribution in [1.82, 2.24) is 35.3 Å². The van der Waals surface area contributed by atoms with E-state index in [4.69, 9.17) is 0 Å². The van der Waals surface area contributed by atoms with Crippen LogP contribution in [0.2, 0.25) is 0 Å². The molecule has 160 valence electrons. The minimum absolute atomic E-state index is 0.156. The maximum absolute atomic E-state index is 12.7. The number of nitrogens with one attached hydrogen (secondary N) is 3. The Balaban J connectivity index is 1.46. The van der Waals surface area contributed by atoms with Crippen molar-refractivity contribution in [3.63, 3.8) is 0 Å². The van der Waals surface area contributed by atoms with E-state index in [2.05, 4.69) is 35.5 Å². The molecule has 0 saturated carbocycles. The van der Waals surface area contributed by atoms with Crippen molar-refractivity contribution in [2.24, 2.45) is 0 Å². The molecule has 0 aliphatic carbocycles. The number of nitrogens with zero attached hydrogens (tertiary/aromatic N) is 5. The summed E-state index contributed by atoms with van der Waals surface area (Å²) in [4.78, 5) is 11.2. The third-order valence-electron chi connectivity index (χ3n) is 5.83. The lowest BCUT2D eigenvalue weighted by atomic mass is 10.2. The molecule has 2 aromatic rings. The molecular formula is C18H30N8O2S. The van der Waals surface area contributed by atoms with Gasteiger partial charge >= 0.3 is 0 Å². The van der Waals surface area contributed by atoms with Gasteiger partial charge in [0, 0.05) is 31.7 Å². The maximum atomic E-state index is 12.7. The number of fused-ring (bicyclic) bond motifs is 1. The number of rotatable bonds is 6. The summed E-state index contributed by atoms with van der Waals surface area (Å²) in [6.07, 6.45) is 8.22. The highest BCUT2D eigenvalue weighted by molar-refractivity contribution is 7.90. The van der Waals surface area contributed by atoms with Crippen molar-refractivity contribution < 1.29 is 8.42 Å². The predicted molar refractivity (Wildman–Crippen MR) is 112 cm³/mol. The van der Waals surface area contributed by atoms with Gasteiger partial charge in [0.15, 0.2) is 5.65 Å². The summed E-state index contributed by atoms with van der Waals surface area (Å²) in [7, 11) is -3.45. The number of hydrazine groups is 1. The van der Waals surface area contributed by atoms with Gasteiger partial charge in [0.2, 0.25) is 10.0 Å². The molecule has 3 N–H and O–H groups in total. The van der Waals surface area contributed by atoms with Crippen LogP contribution in [0.1, 0.15) is 39.5 Å². The Morgan fingerprint density at radius 1 is 1.10 bits per heavy atom. The quantitative estimate of drug-likeness (QED) is 0.612. The van der Waals surface area contributed by atoms with Gasteiger partial charge in [0.1, 0.15) is 17.4 Å². The highest BCUT2D eigenvalue weighted by atomic mass is 32.2. The lowest BCUT2D eigenvalue weighted by molar-refractivity contribution is 0.534. The lowest BCUT2D eigenvalue weighted by Gasteiger charge is -2.21. The Kier molecular flexibility index (Phi) is 6.00. The topological polar surface area (TPSA) is 117 Å². The van der Waals surface area contributed by atoms with Crippen molar-refractivity contribution in [3.8, 4) is 0 Å². The molecule has 0 bridgehead atoms. The molecule has 0 aromatic carbocycles. The van der Waals surface area contributed by atoms with Gasteiger partial charge in [-0.2, -0.15) is 5.10 Å². The molecule has 2 unspecified atom stereocenters. The Morgan fingerprint density at radius 2 is 1.79 bits per heavy atom. The third-order valence-corrected chi connectivity index (χ3v) is 7.97. The zero-order valence-corrected chi connectivity index (χ0v) is 17.8. The van der Waals surface area contributed by atoms with Crippen LogP contribution in [0.15, 0.2) is 12.5 Å². The second kappa shape index (κ2) is 8.50. The van der Waals surface area contributed by atoms with Crippen LogP contribution in [0, 0.1) is 0 Å². The number of aromatic nitrogens is 4. The Hall–Kier alpha value is -1.82. The molecule has 11 heteroatoms. The van der Waals surface area contributed by atoms with Gasteiger partial charge in [0.05, 0.1) is 18.1 Å². The standard InChI is InChI=1S/C18H30N8O2S/c1-13-16(14(2)24-23-13)29(27,28)22-7-10-26-18-15(11-21-26)17(19-12-20-18)25-8-5-3-4-6-9-25/h11-14,16,22-24H,3-10H2,1-2H3. The third kappa shape index (κ3) is 4.23. The summed E-state index contributed by atoms with van der Waals surface area (Å²) in [6, 6.07) is -0.311. The van der Waals surface area contributed by atoms with E-state index in [9.17, 15) is 8.42 Å². The van der Waals surface area contributed by atoms with Crippen molar-refractivity contribution in [2.75, 3.05) is 24.5 Å². The zero-order valence-electron chi connectivity index (χ0n) is 17.0. The molecule has 4 rings (SSSR count). The number of anilines is 1. The van der Waals surface area contributed by atoms with E-state index in [1.54, 1.807) is 17.2 Å². The Labute approximate surface area is 171 Å². The molecule has 2 aromatic heterocycles. The first-order valence-electron chi connectivity index (χ1n) is 10.4. The monoisotopic (exact) mass is 422 g/mol. The van der Waals surface area contributed by atoms with Gasteiger partial charge in [-0.3, -0.25) is 10.9 Å². The maximum Gasteiger partial charge on any atom is 0.217 e. The molecule has 0 spiro atoms. The van der Waals surface area contributed by atoms with Crippen LogP contribution in [0.3, 0.4) is 0 Å². The Morgan fingerprint density at radius 3 is 2.48 bits per heavy atom. The highest BCUT2D eigenvalue weighted by Crippen LogP contribution is 2.25. The molecule has 2 atom stereocenters. The van der Waals surface area contributed by atoms with Gasteiger partial charge in [-0.25, -0.2) is 27.8 Å². The predicted octanol–water partition coefficient (Wildman–Crippen LogP) is 0.380. The van der Waals surface area contributed by atoms with Crippen molar-refractivity contribution in [2.45, 2.75) is 63.4 Å². The first kappa shape index (κ1) is 20.5. The van der Waals surface area contributed by atoms with Crippen molar-refractivity contribution in [3.05, 3.63) is 12.5 Å². The van der Waals surface area contributed by atoms with Gasteiger partial charge in [0.25, 0.3) is 0 Å². The van der Waals surface area contributed by atoms with Crippen LogP contribution in [0.4, 0.5) is 5.82 Å². The minimum Gasteiger partial charge on any atom is -0.356 e. The minimum atomic E-state index is -3.45. The normalized spacial score (nSPS) is 26.1. The molecule has 2 aliphatic rings. The van der Waals surface area contributed by atoms with E-state index in [0.717, 1.165) is 29.9 Å². The fourth-order valence-corrected chi connectivity index (χ4v) is 6.15. The van der Waals surface area contributed by atoms with E-state index in [0.29, 0.717) is 6.54 Å². The van der Waals surface area contributed by atoms with E-state index >= 15 is 0 Å². The summed E-state index contributed by atoms with van der Waals surface area (Å²) >= 11 is 0. The van der Waals surface area contributed by atoms with Crippen LogP contribution in [0.25, 0.3) is 11.0 Å². The molecule has 4 heterocycles. The first-order valence-corrected chi connectivity index (χ1v) is 11.9. The van der Waals surface area contributed by atoms with Crippen LogP contribution in [-0.2, 0) is 16.6 Å². The average Bonchev–Trinajstić information content (AvgIpc) is 3.13.